The monoisotopic (exact) mass is 374 g/mol. The quantitative estimate of drug-likeness (QED) is 0.730. The molecule has 26 heavy (non-hydrogen) atoms. The van der Waals surface area contributed by atoms with Gasteiger partial charge in [-0.2, -0.15) is 0 Å². The van der Waals surface area contributed by atoms with Crippen LogP contribution in [0.2, 0.25) is 0 Å². The number of carbonyl (C=O) groups excluding carboxylic acids is 3. The van der Waals surface area contributed by atoms with Crippen molar-refractivity contribution in [3.63, 3.8) is 0 Å². The van der Waals surface area contributed by atoms with Gasteiger partial charge in [0, 0.05) is 6.54 Å². The number of hydrogen-bond acceptors (Lipinski definition) is 5. The first kappa shape index (κ1) is 19.7. The highest BCUT2D eigenvalue weighted by Gasteiger charge is 2.24. The molecule has 0 fully saturated rings. The van der Waals surface area contributed by atoms with E-state index in [1.54, 1.807) is 36.4 Å². The van der Waals surface area contributed by atoms with Gasteiger partial charge in [-0.25, -0.2) is 4.79 Å². The smallest absolute Gasteiger partial charge is 0.337 e. The lowest BCUT2D eigenvalue weighted by atomic mass is 10.0. The lowest BCUT2D eigenvalue weighted by Gasteiger charge is -2.21. The molecule has 2 N–H and O–H groups in total. The topological polar surface area (TPSA) is 84.5 Å². The molecule has 0 spiro atoms. The second kappa shape index (κ2) is 9.15. The van der Waals surface area contributed by atoms with Gasteiger partial charge in [0.2, 0.25) is 5.91 Å². The lowest BCUT2D eigenvalue weighted by Crippen LogP contribution is -2.49. The van der Waals surface area contributed by atoms with E-state index in [4.69, 9.17) is 0 Å². The van der Waals surface area contributed by atoms with E-state index in [1.165, 1.54) is 18.4 Å². The Balaban J connectivity index is 1.95. The van der Waals surface area contributed by atoms with Crippen molar-refractivity contribution in [3.8, 4) is 0 Å². The third-order valence-corrected chi connectivity index (χ3v) is 4.69. The predicted octanol–water partition coefficient (Wildman–Crippen LogP) is 2.61. The number of benzene rings is 1. The molecule has 1 unspecified atom stereocenters. The van der Waals surface area contributed by atoms with Gasteiger partial charge in [-0.05, 0) is 35.1 Å². The van der Waals surface area contributed by atoms with Crippen molar-refractivity contribution in [2.45, 2.75) is 26.4 Å². The Hall–Kier alpha value is -2.67. The summed E-state index contributed by atoms with van der Waals surface area (Å²) >= 11 is 1.33. The summed E-state index contributed by atoms with van der Waals surface area (Å²) in [5.41, 5.74) is 1.30. The molecule has 6 nitrogen and oxygen atoms in total. The molecule has 2 rings (SSSR count). The van der Waals surface area contributed by atoms with E-state index in [9.17, 15) is 14.4 Å². The predicted molar refractivity (Wildman–Crippen MR) is 100 cm³/mol. The van der Waals surface area contributed by atoms with Gasteiger partial charge in [-0.3, -0.25) is 9.59 Å². The number of ether oxygens (including phenoxy) is 1. The van der Waals surface area contributed by atoms with Crippen LogP contribution in [0.25, 0.3) is 0 Å². The minimum Gasteiger partial charge on any atom is -0.465 e. The maximum atomic E-state index is 12.5. The Morgan fingerprint density at radius 2 is 1.81 bits per heavy atom. The first-order chi connectivity index (χ1) is 12.4. The van der Waals surface area contributed by atoms with Gasteiger partial charge in [-0.1, -0.05) is 32.0 Å². The van der Waals surface area contributed by atoms with E-state index >= 15 is 0 Å². The van der Waals surface area contributed by atoms with Gasteiger partial charge in [0.05, 0.1) is 17.6 Å². The summed E-state index contributed by atoms with van der Waals surface area (Å²) in [5, 5.41) is 7.43. The van der Waals surface area contributed by atoms with Crippen LogP contribution in [0.15, 0.2) is 41.8 Å². The van der Waals surface area contributed by atoms with Gasteiger partial charge in [-0.15, -0.1) is 11.3 Å². The highest BCUT2D eigenvalue weighted by atomic mass is 32.1. The zero-order valence-electron chi connectivity index (χ0n) is 14.9. The minimum absolute atomic E-state index is 0.0550. The van der Waals surface area contributed by atoms with Gasteiger partial charge in [0.25, 0.3) is 5.91 Å². The molecule has 0 saturated heterocycles. The zero-order valence-corrected chi connectivity index (χ0v) is 15.8. The van der Waals surface area contributed by atoms with Crippen LogP contribution < -0.4 is 10.6 Å². The van der Waals surface area contributed by atoms with E-state index in [2.05, 4.69) is 15.4 Å². The number of rotatable bonds is 7. The average molecular weight is 374 g/mol. The van der Waals surface area contributed by atoms with E-state index in [0.29, 0.717) is 17.0 Å². The molecule has 0 aliphatic carbocycles. The Bertz CT molecular complexity index is 754. The summed E-state index contributed by atoms with van der Waals surface area (Å²) in [6, 6.07) is 9.68. The largest absolute Gasteiger partial charge is 0.465 e. The summed E-state index contributed by atoms with van der Waals surface area (Å²) < 4.78 is 4.65. The summed E-state index contributed by atoms with van der Waals surface area (Å²) in [6.45, 7) is 4.06. The highest BCUT2D eigenvalue weighted by molar-refractivity contribution is 7.12. The fourth-order valence-corrected chi connectivity index (χ4v) is 2.96. The lowest BCUT2D eigenvalue weighted by molar-refractivity contribution is -0.124. The van der Waals surface area contributed by atoms with Crippen LogP contribution in [0.4, 0.5) is 0 Å². The molecule has 138 valence electrons. The number of hydrogen-bond donors (Lipinski definition) is 2. The van der Waals surface area contributed by atoms with Crippen LogP contribution in [0, 0.1) is 5.92 Å². The minimum atomic E-state index is -0.626. The fourth-order valence-electron chi connectivity index (χ4n) is 2.33. The van der Waals surface area contributed by atoms with Crippen molar-refractivity contribution in [1.82, 2.24) is 10.6 Å². The van der Waals surface area contributed by atoms with E-state index < -0.39 is 12.0 Å². The van der Waals surface area contributed by atoms with Crippen molar-refractivity contribution < 1.29 is 19.1 Å². The van der Waals surface area contributed by atoms with Gasteiger partial charge in [0.1, 0.15) is 6.04 Å². The van der Waals surface area contributed by atoms with Crippen LogP contribution in [-0.2, 0) is 16.1 Å². The number of amides is 2. The van der Waals surface area contributed by atoms with Crippen LogP contribution in [0.3, 0.4) is 0 Å². The van der Waals surface area contributed by atoms with Crippen molar-refractivity contribution >= 4 is 29.1 Å². The Morgan fingerprint density at radius 3 is 2.35 bits per heavy atom. The van der Waals surface area contributed by atoms with Gasteiger partial charge >= 0.3 is 5.97 Å². The number of methoxy groups -OCH3 is 1. The molecule has 0 bridgehead atoms. The number of esters is 1. The molecule has 0 radical (unpaired) electrons. The standard InChI is InChI=1S/C19H22N2O4S/c1-12(2)16(21-17(22)15-5-4-10-26-15)18(23)20-11-13-6-8-14(9-7-13)19(24)25-3/h4-10,12,16H,11H2,1-3H3,(H,20,23)(H,21,22). The van der Waals surface area contributed by atoms with Crippen molar-refractivity contribution in [2.75, 3.05) is 7.11 Å². The van der Waals surface area contributed by atoms with E-state index in [1.807, 2.05) is 19.2 Å². The van der Waals surface area contributed by atoms with Crippen LogP contribution >= 0.6 is 11.3 Å². The van der Waals surface area contributed by atoms with E-state index in [0.717, 1.165) is 5.56 Å². The molecule has 1 atom stereocenters. The van der Waals surface area contributed by atoms with Crippen LogP contribution in [-0.4, -0.2) is 30.9 Å². The summed E-state index contributed by atoms with van der Waals surface area (Å²) in [4.78, 5) is 36.7. The van der Waals surface area contributed by atoms with Crippen LogP contribution in [0.1, 0.15) is 39.4 Å². The van der Waals surface area contributed by atoms with Crippen molar-refractivity contribution in [3.05, 3.63) is 57.8 Å². The molecule has 0 saturated carbocycles. The third-order valence-electron chi connectivity index (χ3n) is 3.82. The van der Waals surface area contributed by atoms with Crippen LogP contribution in [0.5, 0.6) is 0 Å². The number of carbonyl (C=O) groups is 3. The summed E-state index contributed by atoms with van der Waals surface area (Å²) in [5.74, 6) is -0.962. The number of thiophene rings is 1. The Labute approximate surface area is 156 Å². The molecule has 0 aliphatic rings. The molecule has 1 aromatic carbocycles. The highest BCUT2D eigenvalue weighted by Crippen LogP contribution is 2.11. The van der Waals surface area contributed by atoms with Crippen molar-refractivity contribution in [2.24, 2.45) is 5.92 Å². The second-order valence-electron chi connectivity index (χ2n) is 6.08. The summed E-state index contributed by atoms with van der Waals surface area (Å²) in [6.07, 6.45) is 0. The van der Waals surface area contributed by atoms with Gasteiger partial charge in [0.15, 0.2) is 0 Å². The summed E-state index contributed by atoms with van der Waals surface area (Å²) in [7, 11) is 1.33. The molecule has 2 aromatic rings. The third kappa shape index (κ3) is 5.16. The fraction of sp³-hybridized carbons (Fsp3) is 0.316. The molecule has 7 heteroatoms. The molecule has 2 amide bonds. The molecule has 1 aromatic heterocycles. The zero-order chi connectivity index (χ0) is 19.1. The van der Waals surface area contributed by atoms with E-state index in [-0.39, 0.29) is 17.7 Å². The molecular formula is C19H22N2O4S. The van der Waals surface area contributed by atoms with Gasteiger partial charge < -0.3 is 15.4 Å². The average Bonchev–Trinajstić information content (AvgIpc) is 3.18. The first-order valence-electron chi connectivity index (χ1n) is 8.21. The maximum Gasteiger partial charge on any atom is 0.337 e. The van der Waals surface area contributed by atoms with Crippen molar-refractivity contribution in [1.29, 1.82) is 0 Å². The number of nitrogens with one attached hydrogen (secondary N) is 2. The second-order valence-corrected chi connectivity index (χ2v) is 7.03. The molecular weight excluding hydrogens is 352 g/mol. The normalized spacial score (nSPS) is 11.7. The Morgan fingerprint density at radius 1 is 1.12 bits per heavy atom. The SMILES string of the molecule is COC(=O)c1ccc(CNC(=O)C(NC(=O)c2cccs2)C(C)C)cc1. The molecule has 0 aliphatic heterocycles. The maximum absolute atomic E-state index is 12.5. The Kier molecular flexibility index (Phi) is 6.91. The molecule has 1 heterocycles. The first-order valence-corrected chi connectivity index (χ1v) is 9.09.